The van der Waals surface area contributed by atoms with E-state index in [9.17, 15) is 0 Å². The van der Waals surface area contributed by atoms with Gasteiger partial charge in [0.05, 0.1) is 0 Å². The molecule has 0 fully saturated rings. The molecule has 0 unspecified atom stereocenters. The number of rotatable bonds is 0. The molecular formula is H3NiO4PZn. The minimum atomic E-state index is -4.64. The van der Waals surface area contributed by atoms with E-state index in [1.165, 1.54) is 0 Å². The molecule has 7 heavy (non-hydrogen) atoms. The quantitative estimate of drug-likeness (QED) is 0.365. The monoisotopic (exact) mass is 220 g/mol. The van der Waals surface area contributed by atoms with E-state index < -0.39 is 7.82 Å². The van der Waals surface area contributed by atoms with Gasteiger partial charge in [-0.3, -0.25) is 0 Å². The van der Waals surface area contributed by atoms with Gasteiger partial charge < -0.3 is 14.7 Å². The van der Waals surface area contributed by atoms with Crippen LogP contribution in [0, 0.1) is 0 Å². The molecule has 0 amide bonds. The van der Waals surface area contributed by atoms with Crippen molar-refractivity contribution >= 4 is 7.82 Å². The SMILES string of the molecule is O=P(O)(O)O.[Ni].[Zn]. The zero-order valence-corrected chi connectivity index (χ0v) is 8.07. The van der Waals surface area contributed by atoms with Crippen molar-refractivity contribution in [2.24, 2.45) is 0 Å². The van der Waals surface area contributed by atoms with Crippen LogP contribution in [0.3, 0.4) is 0 Å². The molecule has 0 aromatic carbocycles. The van der Waals surface area contributed by atoms with Crippen LogP contribution in [0.15, 0.2) is 0 Å². The van der Waals surface area contributed by atoms with Crippen LogP contribution < -0.4 is 0 Å². The predicted molar refractivity (Wildman–Crippen MR) is 14.3 cm³/mol. The summed E-state index contributed by atoms with van der Waals surface area (Å²) in [5, 5.41) is 0. The summed E-state index contributed by atoms with van der Waals surface area (Å²) < 4.78 is 8.88. The van der Waals surface area contributed by atoms with Crippen LogP contribution in [-0.4, -0.2) is 14.7 Å². The minimum Gasteiger partial charge on any atom is -0.303 e. The van der Waals surface area contributed by atoms with E-state index in [2.05, 4.69) is 0 Å². The fourth-order valence-corrected chi connectivity index (χ4v) is 0. The van der Waals surface area contributed by atoms with Crippen LogP contribution in [0.5, 0.6) is 0 Å². The molecule has 44 valence electrons. The van der Waals surface area contributed by atoms with E-state index in [0.29, 0.717) is 0 Å². The van der Waals surface area contributed by atoms with Crippen molar-refractivity contribution in [1.29, 1.82) is 0 Å². The van der Waals surface area contributed by atoms with Gasteiger partial charge >= 0.3 is 7.82 Å². The van der Waals surface area contributed by atoms with Gasteiger partial charge in [0, 0.05) is 36.0 Å². The molecule has 0 rings (SSSR count). The molecular weight excluding hydrogens is 219 g/mol. The Balaban J connectivity index is -0.0000000800. The summed E-state index contributed by atoms with van der Waals surface area (Å²) in [5.41, 5.74) is 0. The maximum atomic E-state index is 8.88. The summed E-state index contributed by atoms with van der Waals surface area (Å²) in [7, 11) is -4.64. The zero-order chi connectivity index (χ0) is 4.50. The fraction of sp³-hybridized carbons (Fsp3) is 0. The molecule has 0 saturated carbocycles. The fourth-order valence-electron chi connectivity index (χ4n) is 0. The van der Waals surface area contributed by atoms with Crippen molar-refractivity contribution in [2.75, 3.05) is 0 Å². The van der Waals surface area contributed by atoms with Crippen molar-refractivity contribution in [2.45, 2.75) is 0 Å². The number of hydrogen-bond acceptors (Lipinski definition) is 1. The van der Waals surface area contributed by atoms with E-state index in [4.69, 9.17) is 19.2 Å². The Bertz CT molecular complexity index is 57.8. The Morgan fingerprint density at radius 1 is 1.14 bits per heavy atom. The van der Waals surface area contributed by atoms with Gasteiger partial charge in [-0.1, -0.05) is 0 Å². The molecule has 3 N–H and O–H groups in total. The van der Waals surface area contributed by atoms with Gasteiger partial charge in [-0.25, -0.2) is 4.57 Å². The first kappa shape index (κ1) is 15.7. The topological polar surface area (TPSA) is 77.8 Å². The third-order valence-electron chi connectivity index (χ3n) is 0. The van der Waals surface area contributed by atoms with Crippen LogP contribution in [0.25, 0.3) is 0 Å². The molecule has 7 heteroatoms. The summed E-state index contributed by atoms with van der Waals surface area (Å²) in [6.07, 6.45) is 0. The average Bonchev–Trinajstić information content (AvgIpc) is 0.722. The Morgan fingerprint density at radius 3 is 1.14 bits per heavy atom. The second-order valence-corrected chi connectivity index (χ2v) is 1.54. The van der Waals surface area contributed by atoms with E-state index in [1.54, 1.807) is 0 Å². The molecule has 0 saturated heterocycles. The van der Waals surface area contributed by atoms with E-state index in [-0.39, 0.29) is 36.0 Å². The summed E-state index contributed by atoms with van der Waals surface area (Å²) >= 11 is 0. The third kappa shape index (κ3) is 131. The molecule has 0 bridgehead atoms. The van der Waals surface area contributed by atoms with Crippen LogP contribution in [0.4, 0.5) is 0 Å². The van der Waals surface area contributed by atoms with Crippen LogP contribution in [-0.2, 0) is 40.5 Å². The van der Waals surface area contributed by atoms with Gasteiger partial charge in [0.25, 0.3) is 0 Å². The molecule has 0 aliphatic rings. The van der Waals surface area contributed by atoms with E-state index in [0.717, 1.165) is 0 Å². The largest absolute Gasteiger partial charge is 0.466 e. The van der Waals surface area contributed by atoms with Gasteiger partial charge in [0.15, 0.2) is 0 Å². The Morgan fingerprint density at radius 2 is 1.14 bits per heavy atom. The maximum Gasteiger partial charge on any atom is 0.466 e. The molecule has 0 spiro atoms. The van der Waals surface area contributed by atoms with Crippen LogP contribution in [0.2, 0.25) is 0 Å². The third-order valence-corrected chi connectivity index (χ3v) is 0. The second kappa shape index (κ2) is 5.37. The summed E-state index contributed by atoms with van der Waals surface area (Å²) in [6.45, 7) is 0. The van der Waals surface area contributed by atoms with Gasteiger partial charge in [-0.15, -0.1) is 0 Å². The molecule has 0 aliphatic carbocycles. The van der Waals surface area contributed by atoms with Crippen LogP contribution >= 0.6 is 7.82 Å². The van der Waals surface area contributed by atoms with E-state index in [1.807, 2.05) is 0 Å². The molecule has 4 nitrogen and oxygen atoms in total. The summed E-state index contributed by atoms with van der Waals surface area (Å²) in [6, 6.07) is 0. The Labute approximate surface area is 63.2 Å². The molecule has 0 aromatic heterocycles. The van der Waals surface area contributed by atoms with Gasteiger partial charge in [0.1, 0.15) is 0 Å². The molecule has 0 atom stereocenters. The Kier molecular flexibility index (Phi) is 12.1. The Hall–Kier alpha value is 1.23. The van der Waals surface area contributed by atoms with Crippen molar-refractivity contribution < 1.29 is 55.2 Å². The first-order chi connectivity index (χ1) is 2.00. The van der Waals surface area contributed by atoms with Crippen molar-refractivity contribution in [3.8, 4) is 0 Å². The van der Waals surface area contributed by atoms with Gasteiger partial charge in [0.2, 0.25) is 0 Å². The standard InChI is InChI=1S/Ni.H3O4P.Zn/c;1-5(2,3)4;/h;(H3,1,2,3,4);. The first-order valence-electron chi connectivity index (χ1n) is 0.783. The predicted octanol–water partition coefficient (Wildman–Crippen LogP) is -0.934. The second-order valence-electron chi connectivity index (χ2n) is 0.513. The molecule has 0 aromatic rings. The van der Waals surface area contributed by atoms with Crippen LogP contribution in [0.1, 0.15) is 0 Å². The number of hydrogen-bond donors (Lipinski definition) is 3. The summed E-state index contributed by atoms with van der Waals surface area (Å²) in [4.78, 5) is 21.6. The van der Waals surface area contributed by atoms with Crippen molar-refractivity contribution in [1.82, 2.24) is 0 Å². The molecule has 0 heterocycles. The first-order valence-corrected chi connectivity index (χ1v) is 2.35. The van der Waals surface area contributed by atoms with Gasteiger partial charge in [-0.05, 0) is 0 Å². The van der Waals surface area contributed by atoms with Crippen molar-refractivity contribution in [3.05, 3.63) is 0 Å². The van der Waals surface area contributed by atoms with E-state index >= 15 is 0 Å². The average molecular weight is 222 g/mol. The smallest absolute Gasteiger partial charge is 0.303 e. The van der Waals surface area contributed by atoms with Crippen molar-refractivity contribution in [3.63, 3.8) is 0 Å². The normalized spacial score (nSPS) is 8.43. The molecule has 0 aliphatic heterocycles. The summed E-state index contributed by atoms with van der Waals surface area (Å²) in [5.74, 6) is 0. The zero-order valence-electron chi connectivity index (χ0n) is 3.22. The molecule has 0 radical (unpaired) electrons. The number of phosphoric acid groups is 1. The minimum absolute atomic E-state index is 0. The maximum absolute atomic E-state index is 8.88. The van der Waals surface area contributed by atoms with Gasteiger partial charge in [-0.2, -0.15) is 0 Å².